The van der Waals surface area contributed by atoms with Crippen molar-refractivity contribution in [3.05, 3.63) is 60.7 Å². The van der Waals surface area contributed by atoms with Crippen LogP contribution in [0.4, 0.5) is 0 Å². The molecule has 0 amide bonds. The highest BCUT2D eigenvalue weighted by Crippen LogP contribution is 2.40. The zero-order valence-electron chi connectivity index (χ0n) is 16.8. The van der Waals surface area contributed by atoms with Crippen molar-refractivity contribution in [2.24, 2.45) is 5.92 Å². The standard InChI is InChI=1S/C23H32O3Si/c1-17(20-15-16-21(24)22(20)25)26-27(23(2,3)4,18-11-7-5-8-12-18)19-13-9-6-10-14-19/h5-14,17,20-22,24-25H,15-16H2,1-4H3/t17-,20+,21-,22+/m0/s1. The highest BCUT2D eigenvalue weighted by molar-refractivity contribution is 6.99. The molecule has 1 aliphatic carbocycles. The first-order chi connectivity index (χ1) is 12.8. The molecule has 1 fully saturated rings. The number of rotatable bonds is 5. The molecule has 2 N–H and O–H groups in total. The van der Waals surface area contributed by atoms with Gasteiger partial charge in [-0.1, -0.05) is 81.4 Å². The lowest BCUT2D eigenvalue weighted by Crippen LogP contribution is -2.68. The minimum absolute atomic E-state index is 0.0401. The number of aliphatic hydroxyl groups excluding tert-OH is 2. The Morgan fingerprint density at radius 1 is 0.889 bits per heavy atom. The highest BCUT2D eigenvalue weighted by Gasteiger charge is 2.52. The van der Waals surface area contributed by atoms with E-state index in [1.54, 1.807) is 0 Å². The summed E-state index contributed by atoms with van der Waals surface area (Å²) < 4.78 is 7.05. The SMILES string of the molecule is C[C@H](O[Si](c1ccccc1)(c1ccccc1)C(C)(C)C)[C@H]1CC[C@H](O)[C@@H]1O. The van der Waals surface area contributed by atoms with E-state index in [0.29, 0.717) is 6.42 Å². The van der Waals surface area contributed by atoms with E-state index in [-0.39, 0.29) is 17.1 Å². The molecule has 0 spiro atoms. The largest absolute Gasteiger partial charge is 0.404 e. The summed E-state index contributed by atoms with van der Waals surface area (Å²) in [4.78, 5) is 0. The van der Waals surface area contributed by atoms with Crippen LogP contribution in [0.2, 0.25) is 5.04 Å². The quantitative estimate of drug-likeness (QED) is 0.779. The average Bonchev–Trinajstić information content (AvgIpc) is 2.99. The van der Waals surface area contributed by atoms with Crippen LogP contribution in [0.15, 0.2) is 60.7 Å². The summed E-state index contributed by atoms with van der Waals surface area (Å²) in [6.07, 6.45) is -0.0519. The minimum atomic E-state index is -2.62. The van der Waals surface area contributed by atoms with Crippen LogP contribution in [0.1, 0.15) is 40.5 Å². The molecule has 0 aliphatic heterocycles. The lowest BCUT2D eigenvalue weighted by molar-refractivity contribution is -0.0107. The third-order valence-electron chi connectivity index (χ3n) is 6.01. The van der Waals surface area contributed by atoms with E-state index in [2.05, 4.69) is 76.2 Å². The van der Waals surface area contributed by atoms with Crippen LogP contribution in [0, 0.1) is 5.92 Å². The Bertz CT molecular complexity index is 687. The molecule has 4 heteroatoms. The Morgan fingerprint density at radius 2 is 1.37 bits per heavy atom. The van der Waals surface area contributed by atoms with Crippen molar-refractivity contribution in [2.45, 2.75) is 63.9 Å². The Hall–Kier alpha value is -1.46. The predicted molar refractivity (Wildman–Crippen MR) is 113 cm³/mol. The van der Waals surface area contributed by atoms with Crippen LogP contribution in [-0.2, 0) is 4.43 Å². The number of benzene rings is 2. The molecule has 1 saturated carbocycles. The second-order valence-corrected chi connectivity index (χ2v) is 13.0. The molecular formula is C23H32O3Si. The molecule has 0 saturated heterocycles. The first-order valence-corrected chi connectivity index (χ1v) is 11.8. The third-order valence-corrected chi connectivity index (χ3v) is 11.1. The molecule has 2 aromatic rings. The lowest BCUT2D eigenvalue weighted by Gasteiger charge is -2.46. The maximum atomic E-state index is 10.5. The van der Waals surface area contributed by atoms with Gasteiger partial charge in [-0.3, -0.25) is 0 Å². The molecule has 3 rings (SSSR count). The smallest absolute Gasteiger partial charge is 0.261 e. The third kappa shape index (κ3) is 3.76. The van der Waals surface area contributed by atoms with E-state index in [1.807, 2.05) is 12.1 Å². The summed E-state index contributed by atoms with van der Waals surface area (Å²) in [5.74, 6) is -0.0401. The topological polar surface area (TPSA) is 49.7 Å². The Morgan fingerprint density at radius 3 is 1.74 bits per heavy atom. The molecule has 0 bridgehead atoms. The first-order valence-electron chi connectivity index (χ1n) is 9.92. The van der Waals surface area contributed by atoms with Crippen LogP contribution in [-0.4, -0.2) is 36.8 Å². The summed E-state index contributed by atoms with van der Waals surface area (Å²) >= 11 is 0. The van der Waals surface area contributed by atoms with Gasteiger partial charge in [0.15, 0.2) is 0 Å². The molecule has 3 nitrogen and oxygen atoms in total. The fourth-order valence-electron chi connectivity index (χ4n) is 4.56. The highest BCUT2D eigenvalue weighted by atomic mass is 28.4. The molecule has 0 unspecified atom stereocenters. The van der Waals surface area contributed by atoms with Crippen LogP contribution < -0.4 is 10.4 Å². The van der Waals surface area contributed by atoms with Crippen LogP contribution in [0.5, 0.6) is 0 Å². The van der Waals surface area contributed by atoms with Gasteiger partial charge in [0.1, 0.15) is 0 Å². The zero-order valence-corrected chi connectivity index (χ0v) is 17.8. The number of hydrogen-bond donors (Lipinski definition) is 2. The number of aliphatic hydroxyl groups is 2. The summed E-state index contributed by atoms with van der Waals surface area (Å²) in [5, 5.41) is 22.9. The second-order valence-electron chi connectivity index (χ2n) is 8.79. The molecule has 0 aromatic heterocycles. The summed E-state index contributed by atoms with van der Waals surface area (Å²) in [6, 6.07) is 21.1. The summed E-state index contributed by atoms with van der Waals surface area (Å²) in [7, 11) is -2.62. The normalized spacial score (nSPS) is 24.7. The van der Waals surface area contributed by atoms with E-state index in [9.17, 15) is 10.2 Å². The van der Waals surface area contributed by atoms with Gasteiger partial charge in [0.25, 0.3) is 8.32 Å². The fourth-order valence-corrected chi connectivity index (χ4v) is 9.31. The van der Waals surface area contributed by atoms with Crippen molar-refractivity contribution in [3.8, 4) is 0 Å². The molecule has 4 atom stereocenters. The van der Waals surface area contributed by atoms with E-state index < -0.39 is 20.5 Å². The van der Waals surface area contributed by atoms with Crippen LogP contribution >= 0.6 is 0 Å². The summed E-state index contributed by atoms with van der Waals surface area (Å²) in [6.45, 7) is 8.83. The second kappa shape index (κ2) is 7.88. The molecular weight excluding hydrogens is 352 g/mol. The maximum Gasteiger partial charge on any atom is 0.261 e. The van der Waals surface area contributed by atoms with E-state index in [0.717, 1.165) is 6.42 Å². The Labute approximate surface area is 164 Å². The van der Waals surface area contributed by atoms with Gasteiger partial charge in [0, 0.05) is 12.0 Å². The van der Waals surface area contributed by atoms with Crippen molar-refractivity contribution in [1.82, 2.24) is 0 Å². The van der Waals surface area contributed by atoms with Crippen LogP contribution in [0.25, 0.3) is 0 Å². The Balaban J connectivity index is 2.09. The predicted octanol–water partition coefficient (Wildman–Crippen LogP) is 3.08. The zero-order chi connectivity index (χ0) is 19.7. The molecule has 0 heterocycles. The van der Waals surface area contributed by atoms with Gasteiger partial charge in [-0.15, -0.1) is 0 Å². The lowest BCUT2D eigenvalue weighted by atomic mass is 10.00. The van der Waals surface area contributed by atoms with Gasteiger partial charge in [-0.25, -0.2) is 0 Å². The van der Waals surface area contributed by atoms with Gasteiger partial charge in [0.2, 0.25) is 0 Å². The van der Waals surface area contributed by atoms with Gasteiger partial charge in [-0.05, 0) is 35.2 Å². The number of hydrogen-bond acceptors (Lipinski definition) is 3. The monoisotopic (exact) mass is 384 g/mol. The van der Waals surface area contributed by atoms with Crippen molar-refractivity contribution >= 4 is 18.7 Å². The molecule has 27 heavy (non-hydrogen) atoms. The van der Waals surface area contributed by atoms with E-state index >= 15 is 0 Å². The molecule has 0 radical (unpaired) electrons. The van der Waals surface area contributed by atoms with Crippen LogP contribution in [0.3, 0.4) is 0 Å². The van der Waals surface area contributed by atoms with Crippen molar-refractivity contribution in [1.29, 1.82) is 0 Å². The molecule has 2 aromatic carbocycles. The van der Waals surface area contributed by atoms with Gasteiger partial charge >= 0.3 is 0 Å². The van der Waals surface area contributed by atoms with Gasteiger partial charge < -0.3 is 14.6 Å². The van der Waals surface area contributed by atoms with E-state index in [4.69, 9.17) is 4.43 Å². The molecule has 1 aliphatic rings. The minimum Gasteiger partial charge on any atom is -0.404 e. The maximum absolute atomic E-state index is 10.5. The van der Waals surface area contributed by atoms with Crippen molar-refractivity contribution < 1.29 is 14.6 Å². The van der Waals surface area contributed by atoms with Crippen molar-refractivity contribution in [2.75, 3.05) is 0 Å². The average molecular weight is 385 g/mol. The summed E-state index contributed by atoms with van der Waals surface area (Å²) in [5.41, 5.74) is 0. The van der Waals surface area contributed by atoms with Gasteiger partial charge in [-0.2, -0.15) is 0 Å². The fraction of sp³-hybridized carbons (Fsp3) is 0.478. The van der Waals surface area contributed by atoms with Crippen molar-refractivity contribution in [3.63, 3.8) is 0 Å². The Kier molecular flexibility index (Phi) is 5.92. The van der Waals surface area contributed by atoms with Gasteiger partial charge in [0.05, 0.1) is 12.2 Å². The molecule has 146 valence electrons. The first kappa shape index (κ1) is 20.3. The van der Waals surface area contributed by atoms with E-state index in [1.165, 1.54) is 10.4 Å².